The van der Waals surface area contributed by atoms with Crippen molar-refractivity contribution in [1.82, 2.24) is 5.32 Å². The van der Waals surface area contributed by atoms with Crippen LogP contribution in [0.3, 0.4) is 0 Å². The van der Waals surface area contributed by atoms with Crippen LogP contribution in [0.15, 0.2) is 0 Å². The normalized spacial score (nSPS) is 20.4. The quantitative estimate of drug-likeness (QED) is 0.593. The summed E-state index contributed by atoms with van der Waals surface area (Å²) in [5.74, 6) is 1.00. The first-order valence-electron chi connectivity index (χ1n) is 7.15. The van der Waals surface area contributed by atoms with E-state index in [2.05, 4.69) is 19.2 Å². The molecule has 1 aliphatic carbocycles. The third-order valence-corrected chi connectivity index (χ3v) is 4.11. The Hall–Kier alpha value is -0.0800. The average Bonchev–Trinajstić information content (AvgIpc) is 2.22. The number of nitrogens with two attached hydrogens (primary N) is 1. The highest BCUT2D eigenvalue weighted by atomic mass is 15.0. The van der Waals surface area contributed by atoms with Gasteiger partial charge >= 0.3 is 0 Å². The van der Waals surface area contributed by atoms with Crippen molar-refractivity contribution < 1.29 is 0 Å². The van der Waals surface area contributed by atoms with Crippen LogP contribution in [-0.2, 0) is 0 Å². The van der Waals surface area contributed by atoms with Crippen LogP contribution in [0.4, 0.5) is 0 Å². The molecule has 0 bridgehead atoms. The minimum absolute atomic E-state index is 0.179. The number of hydrogen-bond donors (Lipinski definition) is 2. The molecule has 1 unspecified atom stereocenters. The van der Waals surface area contributed by atoms with E-state index in [0.717, 1.165) is 19.0 Å². The highest BCUT2D eigenvalue weighted by Crippen LogP contribution is 2.29. The maximum atomic E-state index is 5.89. The molecular formula is C14H30N2. The van der Waals surface area contributed by atoms with Crippen LogP contribution in [-0.4, -0.2) is 18.6 Å². The Balaban J connectivity index is 2.11. The van der Waals surface area contributed by atoms with E-state index in [0.29, 0.717) is 0 Å². The summed E-state index contributed by atoms with van der Waals surface area (Å²) in [5, 5.41) is 3.68. The Morgan fingerprint density at radius 2 is 2.06 bits per heavy atom. The number of hydrogen-bond acceptors (Lipinski definition) is 2. The summed E-state index contributed by atoms with van der Waals surface area (Å²) in [6.07, 6.45) is 10.9. The summed E-state index contributed by atoms with van der Waals surface area (Å²) in [6, 6.07) is 0. The second-order valence-corrected chi connectivity index (χ2v) is 5.73. The highest BCUT2D eigenvalue weighted by Gasteiger charge is 2.22. The molecule has 1 rings (SSSR count). The summed E-state index contributed by atoms with van der Waals surface area (Å²) in [5.41, 5.74) is 6.07. The highest BCUT2D eigenvalue weighted by molar-refractivity contribution is 4.84. The molecule has 1 atom stereocenters. The number of unbranched alkanes of at least 4 members (excludes halogenated alkanes) is 2. The number of rotatable bonds is 9. The van der Waals surface area contributed by atoms with Gasteiger partial charge in [-0.15, -0.1) is 0 Å². The molecule has 2 heteroatoms. The lowest BCUT2D eigenvalue weighted by Crippen LogP contribution is -2.49. The Morgan fingerprint density at radius 3 is 2.56 bits per heavy atom. The average molecular weight is 226 g/mol. The van der Waals surface area contributed by atoms with Crippen molar-refractivity contribution in [1.29, 1.82) is 0 Å². The Morgan fingerprint density at radius 1 is 1.31 bits per heavy atom. The lowest BCUT2D eigenvalue weighted by molar-refractivity contribution is 0.263. The zero-order valence-corrected chi connectivity index (χ0v) is 11.2. The Bertz CT molecular complexity index is 178. The van der Waals surface area contributed by atoms with Gasteiger partial charge in [0.15, 0.2) is 0 Å². The minimum atomic E-state index is 0.179. The van der Waals surface area contributed by atoms with Gasteiger partial charge in [-0.2, -0.15) is 0 Å². The predicted octanol–water partition coefficient (Wildman–Crippen LogP) is 3.06. The largest absolute Gasteiger partial charge is 0.329 e. The fourth-order valence-corrected chi connectivity index (χ4v) is 2.39. The van der Waals surface area contributed by atoms with Gasteiger partial charge in [-0.3, -0.25) is 0 Å². The Labute approximate surface area is 101 Å². The monoisotopic (exact) mass is 226 g/mol. The van der Waals surface area contributed by atoms with E-state index >= 15 is 0 Å². The van der Waals surface area contributed by atoms with Crippen LogP contribution in [0.25, 0.3) is 0 Å². The van der Waals surface area contributed by atoms with Gasteiger partial charge in [-0.1, -0.05) is 45.4 Å². The first-order valence-corrected chi connectivity index (χ1v) is 7.15. The van der Waals surface area contributed by atoms with E-state index in [-0.39, 0.29) is 5.54 Å². The van der Waals surface area contributed by atoms with Crippen LogP contribution < -0.4 is 11.1 Å². The Kier molecular flexibility index (Phi) is 6.37. The van der Waals surface area contributed by atoms with Crippen molar-refractivity contribution in [3.05, 3.63) is 0 Å². The van der Waals surface area contributed by atoms with E-state index in [9.17, 15) is 0 Å². The third-order valence-electron chi connectivity index (χ3n) is 4.11. The van der Waals surface area contributed by atoms with E-state index in [1.54, 1.807) is 0 Å². The van der Waals surface area contributed by atoms with Crippen molar-refractivity contribution in [2.75, 3.05) is 13.1 Å². The molecule has 16 heavy (non-hydrogen) atoms. The maximum Gasteiger partial charge on any atom is 0.0275 e. The molecule has 0 aromatic carbocycles. The first kappa shape index (κ1) is 14.0. The molecule has 1 saturated carbocycles. The van der Waals surface area contributed by atoms with Gasteiger partial charge in [0.1, 0.15) is 0 Å². The molecule has 0 spiro atoms. The number of nitrogens with one attached hydrogen (secondary N) is 1. The molecular weight excluding hydrogens is 196 g/mol. The molecule has 1 fully saturated rings. The maximum absolute atomic E-state index is 5.89. The fourth-order valence-electron chi connectivity index (χ4n) is 2.39. The summed E-state index contributed by atoms with van der Waals surface area (Å²) in [7, 11) is 0. The third kappa shape index (κ3) is 4.84. The molecule has 0 aromatic rings. The van der Waals surface area contributed by atoms with Gasteiger partial charge in [-0.05, 0) is 32.2 Å². The lowest BCUT2D eigenvalue weighted by atomic mass is 9.83. The molecule has 0 aromatic heterocycles. The van der Waals surface area contributed by atoms with Gasteiger partial charge in [0.05, 0.1) is 0 Å². The van der Waals surface area contributed by atoms with E-state index in [1.807, 2.05) is 0 Å². The molecule has 0 aliphatic heterocycles. The van der Waals surface area contributed by atoms with Crippen LogP contribution in [0.5, 0.6) is 0 Å². The van der Waals surface area contributed by atoms with Crippen LogP contribution >= 0.6 is 0 Å². The molecule has 0 heterocycles. The fraction of sp³-hybridized carbons (Fsp3) is 1.00. The van der Waals surface area contributed by atoms with Crippen molar-refractivity contribution in [3.8, 4) is 0 Å². The summed E-state index contributed by atoms with van der Waals surface area (Å²) >= 11 is 0. The lowest BCUT2D eigenvalue weighted by Gasteiger charge is -2.32. The molecule has 0 amide bonds. The molecule has 3 N–H and O–H groups in total. The minimum Gasteiger partial charge on any atom is -0.329 e. The molecule has 0 radical (unpaired) electrons. The summed E-state index contributed by atoms with van der Waals surface area (Å²) < 4.78 is 0. The molecule has 96 valence electrons. The van der Waals surface area contributed by atoms with Crippen molar-refractivity contribution in [2.24, 2.45) is 11.7 Å². The second kappa shape index (κ2) is 7.29. The van der Waals surface area contributed by atoms with E-state index in [4.69, 9.17) is 5.73 Å². The van der Waals surface area contributed by atoms with Gasteiger partial charge in [0.2, 0.25) is 0 Å². The van der Waals surface area contributed by atoms with Gasteiger partial charge in [0.25, 0.3) is 0 Å². The van der Waals surface area contributed by atoms with Crippen molar-refractivity contribution in [2.45, 2.75) is 70.8 Å². The topological polar surface area (TPSA) is 38.0 Å². The van der Waals surface area contributed by atoms with Crippen LogP contribution in [0.1, 0.15) is 65.2 Å². The zero-order chi connectivity index (χ0) is 11.9. The smallest absolute Gasteiger partial charge is 0.0275 e. The van der Waals surface area contributed by atoms with Crippen LogP contribution in [0, 0.1) is 5.92 Å². The molecule has 1 aliphatic rings. The van der Waals surface area contributed by atoms with Crippen molar-refractivity contribution in [3.63, 3.8) is 0 Å². The van der Waals surface area contributed by atoms with E-state index in [1.165, 1.54) is 51.4 Å². The summed E-state index contributed by atoms with van der Waals surface area (Å²) in [4.78, 5) is 0. The summed E-state index contributed by atoms with van der Waals surface area (Å²) in [6.45, 7) is 6.46. The molecule has 2 nitrogen and oxygen atoms in total. The first-order chi connectivity index (χ1) is 7.70. The molecule has 0 saturated heterocycles. The predicted molar refractivity (Wildman–Crippen MR) is 71.6 cm³/mol. The van der Waals surface area contributed by atoms with Crippen molar-refractivity contribution >= 4 is 0 Å². The second-order valence-electron chi connectivity index (χ2n) is 5.73. The van der Waals surface area contributed by atoms with Gasteiger partial charge in [-0.25, -0.2) is 0 Å². The van der Waals surface area contributed by atoms with Crippen LogP contribution in [0.2, 0.25) is 0 Å². The standard InChI is InChI=1S/C14H30N2/c1-3-4-5-10-14(2,12-15)16-11-9-13-7-6-8-13/h13,16H,3-12,15H2,1-2H3. The zero-order valence-electron chi connectivity index (χ0n) is 11.2. The van der Waals surface area contributed by atoms with Gasteiger partial charge < -0.3 is 11.1 Å². The van der Waals surface area contributed by atoms with Gasteiger partial charge in [0, 0.05) is 12.1 Å². The van der Waals surface area contributed by atoms with E-state index < -0.39 is 0 Å². The SMILES string of the molecule is CCCCCC(C)(CN)NCCC1CCC1.